The van der Waals surface area contributed by atoms with E-state index in [-0.39, 0.29) is 11.3 Å². The van der Waals surface area contributed by atoms with Gasteiger partial charge in [-0.1, -0.05) is 48.5 Å². The first kappa shape index (κ1) is 21.9. The van der Waals surface area contributed by atoms with Crippen LogP contribution in [0.2, 0.25) is 0 Å². The molecule has 6 nitrogen and oxygen atoms in total. The third-order valence-corrected chi connectivity index (χ3v) is 6.62. The molecule has 2 heterocycles. The largest absolute Gasteiger partial charge is 0.467 e. The first-order valence-corrected chi connectivity index (χ1v) is 10.7. The van der Waals surface area contributed by atoms with Gasteiger partial charge in [0, 0.05) is 11.6 Å². The Bertz CT molecular complexity index is 1280. The SMILES string of the molecule is COC(=O)[C@]1(c2ccccc2)N[C@@H](c2ccccc2F)[C@H]2C(=O)N(c3ccc(F)cc3)C(=O)[C@H]21. The highest BCUT2D eigenvalue weighted by molar-refractivity contribution is 6.24. The molecule has 4 atom stereocenters. The van der Waals surface area contributed by atoms with E-state index in [0.717, 1.165) is 17.0 Å². The lowest BCUT2D eigenvalue weighted by atomic mass is 9.75. The van der Waals surface area contributed by atoms with E-state index in [1.165, 1.54) is 37.4 Å². The van der Waals surface area contributed by atoms with Gasteiger partial charge in [-0.3, -0.25) is 14.9 Å². The number of benzene rings is 3. The normalized spacial score (nSPS) is 26.0. The molecular weight excluding hydrogens is 442 g/mol. The maximum absolute atomic E-state index is 14.9. The molecule has 0 aliphatic carbocycles. The fraction of sp³-hybridized carbons (Fsp3) is 0.192. The van der Waals surface area contributed by atoms with E-state index >= 15 is 0 Å². The minimum atomic E-state index is -1.74. The number of nitrogens with zero attached hydrogens (tertiary/aromatic N) is 1. The third kappa shape index (κ3) is 3.06. The number of rotatable bonds is 4. The molecule has 2 aliphatic heterocycles. The van der Waals surface area contributed by atoms with Gasteiger partial charge in [-0.2, -0.15) is 0 Å². The summed E-state index contributed by atoms with van der Waals surface area (Å²) in [5.74, 6) is -5.45. The smallest absolute Gasteiger partial charge is 0.331 e. The van der Waals surface area contributed by atoms with Crippen LogP contribution in [-0.4, -0.2) is 24.9 Å². The number of esters is 1. The van der Waals surface area contributed by atoms with E-state index < -0.39 is 52.8 Å². The molecule has 2 aliphatic rings. The summed E-state index contributed by atoms with van der Waals surface area (Å²) in [5.41, 5.74) is -1.00. The van der Waals surface area contributed by atoms with Crippen LogP contribution in [0, 0.1) is 23.5 Å². The topological polar surface area (TPSA) is 75.7 Å². The monoisotopic (exact) mass is 462 g/mol. The quantitative estimate of drug-likeness (QED) is 0.475. The average Bonchev–Trinajstić information content (AvgIpc) is 3.34. The van der Waals surface area contributed by atoms with E-state index in [2.05, 4.69) is 5.32 Å². The minimum absolute atomic E-state index is 0.154. The predicted octanol–water partition coefficient (Wildman–Crippen LogP) is 3.48. The Hall–Kier alpha value is -3.91. The molecule has 1 N–H and O–H groups in total. The number of hydrogen-bond donors (Lipinski definition) is 1. The van der Waals surface area contributed by atoms with E-state index in [0.29, 0.717) is 5.56 Å². The molecular formula is C26H20F2N2O4. The summed E-state index contributed by atoms with van der Waals surface area (Å²) in [6, 6.07) is 18.3. The number of methoxy groups -OCH3 is 1. The molecule has 0 aromatic heterocycles. The third-order valence-electron chi connectivity index (χ3n) is 6.62. The maximum Gasteiger partial charge on any atom is 0.331 e. The van der Waals surface area contributed by atoms with Gasteiger partial charge in [0.05, 0.1) is 24.6 Å². The van der Waals surface area contributed by atoms with Crippen molar-refractivity contribution in [2.24, 2.45) is 11.8 Å². The van der Waals surface area contributed by atoms with E-state index in [1.54, 1.807) is 36.4 Å². The lowest BCUT2D eigenvalue weighted by Crippen LogP contribution is -2.53. The lowest BCUT2D eigenvalue weighted by Gasteiger charge is -2.33. The van der Waals surface area contributed by atoms with Crippen molar-refractivity contribution in [2.75, 3.05) is 12.0 Å². The summed E-state index contributed by atoms with van der Waals surface area (Å²) in [5, 5.41) is 3.13. The average molecular weight is 462 g/mol. The second-order valence-electron chi connectivity index (χ2n) is 8.30. The molecule has 0 bridgehead atoms. The number of hydrogen-bond acceptors (Lipinski definition) is 5. The van der Waals surface area contributed by atoms with Gasteiger partial charge in [0.1, 0.15) is 11.6 Å². The molecule has 2 saturated heterocycles. The summed E-state index contributed by atoms with van der Waals surface area (Å²) in [4.78, 5) is 41.8. The summed E-state index contributed by atoms with van der Waals surface area (Å²) >= 11 is 0. The molecule has 0 spiro atoms. The van der Waals surface area contributed by atoms with Crippen LogP contribution in [0.1, 0.15) is 17.2 Å². The Kier molecular flexibility index (Phi) is 5.25. The zero-order valence-corrected chi connectivity index (χ0v) is 18.1. The number of carbonyl (C=O) groups excluding carboxylic acids is 3. The fourth-order valence-corrected chi connectivity index (χ4v) is 5.18. The van der Waals surface area contributed by atoms with Gasteiger partial charge >= 0.3 is 5.97 Å². The number of amides is 2. The van der Waals surface area contributed by atoms with Crippen LogP contribution in [0.4, 0.5) is 14.5 Å². The van der Waals surface area contributed by atoms with Crippen molar-refractivity contribution in [1.29, 1.82) is 0 Å². The van der Waals surface area contributed by atoms with Crippen molar-refractivity contribution in [1.82, 2.24) is 5.32 Å². The van der Waals surface area contributed by atoms with Gasteiger partial charge in [-0.25, -0.2) is 18.5 Å². The van der Waals surface area contributed by atoms with Crippen molar-refractivity contribution in [3.05, 3.63) is 102 Å². The number of fused-ring (bicyclic) bond motifs is 1. The minimum Gasteiger partial charge on any atom is -0.467 e. The first-order valence-electron chi connectivity index (χ1n) is 10.7. The van der Waals surface area contributed by atoms with E-state index in [1.807, 2.05) is 0 Å². The summed E-state index contributed by atoms with van der Waals surface area (Å²) in [7, 11) is 1.19. The molecule has 172 valence electrons. The van der Waals surface area contributed by atoms with Crippen molar-refractivity contribution < 1.29 is 27.9 Å². The van der Waals surface area contributed by atoms with Gasteiger partial charge in [-0.05, 0) is 35.9 Å². The number of nitrogens with one attached hydrogen (secondary N) is 1. The molecule has 2 fully saturated rings. The van der Waals surface area contributed by atoms with Crippen LogP contribution in [0.15, 0.2) is 78.9 Å². The number of imide groups is 1. The molecule has 0 radical (unpaired) electrons. The number of halogens is 2. The standard InChI is InChI=1S/C26H20F2N2O4/c1-34-25(33)26(15-7-3-2-4-8-15)21-20(22(29-26)18-9-5-6-10-19(18)28)23(31)30(24(21)32)17-13-11-16(27)12-14-17/h2-14,20-22,29H,1H3/t20-,21-,22-,26+/m0/s1. The van der Waals surface area contributed by atoms with Crippen molar-refractivity contribution >= 4 is 23.5 Å². The highest BCUT2D eigenvalue weighted by atomic mass is 19.1. The van der Waals surface area contributed by atoms with Crippen LogP contribution in [0.25, 0.3) is 0 Å². The zero-order chi connectivity index (χ0) is 24.0. The molecule has 8 heteroatoms. The van der Waals surface area contributed by atoms with Crippen LogP contribution in [0.3, 0.4) is 0 Å². The van der Waals surface area contributed by atoms with Gasteiger partial charge in [0.25, 0.3) is 0 Å². The van der Waals surface area contributed by atoms with Crippen molar-refractivity contribution in [3.8, 4) is 0 Å². The van der Waals surface area contributed by atoms with Crippen molar-refractivity contribution in [3.63, 3.8) is 0 Å². The number of anilines is 1. The molecule has 34 heavy (non-hydrogen) atoms. The summed E-state index contributed by atoms with van der Waals surface area (Å²) in [6.45, 7) is 0. The van der Waals surface area contributed by atoms with Crippen LogP contribution < -0.4 is 10.2 Å². The maximum atomic E-state index is 14.9. The Morgan fingerprint density at radius 1 is 0.912 bits per heavy atom. The van der Waals surface area contributed by atoms with Crippen LogP contribution >= 0.6 is 0 Å². The Morgan fingerprint density at radius 3 is 2.21 bits per heavy atom. The molecule has 2 amide bonds. The van der Waals surface area contributed by atoms with Gasteiger partial charge < -0.3 is 4.74 Å². The first-order chi connectivity index (χ1) is 16.4. The van der Waals surface area contributed by atoms with Crippen LogP contribution in [0.5, 0.6) is 0 Å². The van der Waals surface area contributed by atoms with Gasteiger partial charge in [-0.15, -0.1) is 0 Å². The van der Waals surface area contributed by atoms with E-state index in [9.17, 15) is 23.2 Å². The molecule has 0 saturated carbocycles. The molecule has 0 unspecified atom stereocenters. The summed E-state index contributed by atoms with van der Waals surface area (Å²) in [6.07, 6.45) is 0. The lowest BCUT2D eigenvalue weighted by molar-refractivity contribution is -0.152. The highest BCUT2D eigenvalue weighted by Gasteiger charge is 2.70. The Balaban J connectivity index is 1.74. The highest BCUT2D eigenvalue weighted by Crippen LogP contribution is 2.54. The van der Waals surface area contributed by atoms with Crippen molar-refractivity contribution in [2.45, 2.75) is 11.6 Å². The second-order valence-corrected chi connectivity index (χ2v) is 8.30. The fourth-order valence-electron chi connectivity index (χ4n) is 5.18. The number of ether oxygens (including phenoxy) is 1. The number of carbonyl (C=O) groups is 3. The van der Waals surface area contributed by atoms with E-state index in [4.69, 9.17) is 4.74 Å². The zero-order valence-electron chi connectivity index (χ0n) is 18.1. The van der Waals surface area contributed by atoms with Gasteiger partial charge in [0.2, 0.25) is 11.8 Å². The second kappa shape index (κ2) is 8.14. The Morgan fingerprint density at radius 2 is 1.56 bits per heavy atom. The molecule has 5 rings (SSSR count). The van der Waals surface area contributed by atoms with Crippen LogP contribution in [-0.2, 0) is 24.7 Å². The molecule has 3 aromatic rings. The predicted molar refractivity (Wildman–Crippen MR) is 118 cm³/mol. The summed E-state index contributed by atoms with van der Waals surface area (Å²) < 4.78 is 33.6. The Labute approximate surface area is 194 Å². The molecule has 3 aromatic carbocycles. The van der Waals surface area contributed by atoms with Gasteiger partial charge in [0.15, 0.2) is 5.54 Å².